The third-order valence-corrected chi connectivity index (χ3v) is 6.77. The summed E-state index contributed by atoms with van der Waals surface area (Å²) >= 11 is 12.3. The van der Waals surface area contributed by atoms with E-state index in [0.717, 1.165) is 21.7 Å². The maximum Gasteiger partial charge on any atom is 0.244 e. The molecule has 2 rings (SSSR count). The van der Waals surface area contributed by atoms with Crippen LogP contribution in [0.15, 0.2) is 42.5 Å². The fourth-order valence-corrected chi connectivity index (χ4v) is 4.62. The van der Waals surface area contributed by atoms with Crippen molar-refractivity contribution in [3.8, 4) is 0 Å². The molecule has 0 unspecified atom stereocenters. The fourth-order valence-electron chi connectivity index (χ4n) is 3.33. The summed E-state index contributed by atoms with van der Waals surface area (Å²) in [4.78, 5) is 27.4. The van der Waals surface area contributed by atoms with Crippen molar-refractivity contribution in [3.05, 3.63) is 63.6 Å². The Bertz CT molecular complexity index is 1090. The summed E-state index contributed by atoms with van der Waals surface area (Å²) in [5.74, 6) is -0.869. The van der Waals surface area contributed by atoms with Crippen molar-refractivity contribution in [2.24, 2.45) is 0 Å². The minimum atomic E-state index is -3.88. The Balaban J connectivity index is 2.49. The van der Waals surface area contributed by atoms with Crippen molar-refractivity contribution in [1.82, 2.24) is 10.2 Å². The zero-order chi connectivity index (χ0) is 24.1. The lowest BCUT2D eigenvalue weighted by atomic mass is 10.1. The van der Waals surface area contributed by atoms with E-state index in [4.69, 9.17) is 23.2 Å². The molecule has 0 radical (unpaired) electrons. The Morgan fingerprint density at radius 3 is 2.34 bits per heavy atom. The van der Waals surface area contributed by atoms with Gasteiger partial charge >= 0.3 is 0 Å². The van der Waals surface area contributed by atoms with Crippen LogP contribution < -0.4 is 9.62 Å². The number of halogens is 2. The molecule has 0 heterocycles. The van der Waals surface area contributed by atoms with Gasteiger partial charge in [-0.2, -0.15) is 0 Å². The van der Waals surface area contributed by atoms with Gasteiger partial charge in [-0.25, -0.2) is 8.42 Å². The first-order valence-corrected chi connectivity index (χ1v) is 12.6. The molecule has 0 aliphatic heterocycles. The molecule has 2 amide bonds. The van der Waals surface area contributed by atoms with Crippen LogP contribution in [-0.4, -0.2) is 51.0 Å². The first-order valence-electron chi connectivity index (χ1n) is 9.97. The first kappa shape index (κ1) is 26.0. The highest BCUT2D eigenvalue weighted by Crippen LogP contribution is 2.31. The van der Waals surface area contributed by atoms with Crippen LogP contribution in [0.4, 0.5) is 5.69 Å². The van der Waals surface area contributed by atoms with Gasteiger partial charge in [-0.15, -0.1) is 0 Å². The van der Waals surface area contributed by atoms with E-state index in [1.165, 1.54) is 30.1 Å². The van der Waals surface area contributed by atoms with E-state index >= 15 is 0 Å². The molecule has 0 aromatic heterocycles. The number of carbonyl (C=O) groups is 2. The number of carbonyl (C=O) groups excluding carboxylic acids is 2. The number of benzene rings is 2. The standard InChI is InChI=1S/C22H27Cl2N3O4S/c1-5-19(22(29)25-3)26(13-16-9-7-6-8-15(16)2)21(28)14-27(32(4,30)31)20-12-17(23)10-11-18(20)24/h6-12,19H,5,13-14H2,1-4H3,(H,25,29)/t19-/m0/s1. The second-order valence-electron chi connectivity index (χ2n) is 7.35. The lowest BCUT2D eigenvalue weighted by Gasteiger charge is -2.33. The molecule has 0 fully saturated rings. The number of nitrogens with zero attached hydrogens (tertiary/aromatic N) is 2. The first-order chi connectivity index (χ1) is 15.0. The number of rotatable bonds is 9. The van der Waals surface area contributed by atoms with Crippen LogP contribution in [0.3, 0.4) is 0 Å². The summed E-state index contributed by atoms with van der Waals surface area (Å²) in [5.41, 5.74) is 1.91. The molecule has 0 saturated heterocycles. The van der Waals surface area contributed by atoms with Crippen molar-refractivity contribution in [3.63, 3.8) is 0 Å². The molecule has 1 N–H and O–H groups in total. The maximum atomic E-state index is 13.5. The maximum absolute atomic E-state index is 13.5. The fraction of sp³-hybridized carbons (Fsp3) is 0.364. The van der Waals surface area contributed by atoms with Gasteiger partial charge in [0.25, 0.3) is 0 Å². The molecule has 10 heteroatoms. The normalized spacial score (nSPS) is 12.2. The summed E-state index contributed by atoms with van der Waals surface area (Å²) in [5, 5.41) is 2.99. The molecule has 0 aliphatic rings. The van der Waals surface area contributed by atoms with Gasteiger partial charge < -0.3 is 10.2 Å². The largest absolute Gasteiger partial charge is 0.357 e. The van der Waals surface area contributed by atoms with Crippen molar-refractivity contribution >= 4 is 50.7 Å². The van der Waals surface area contributed by atoms with E-state index in [1.807, 2.05) is 31.2 Å². The predicted octanol–water partition coefficient (Wildman–Crippen LogP) is 3.62. The number of likely N-dealkylation sites (N-methyl/N-ethyl adjacent to an activating group) is 1. The number of aryl methyl sites for hydroxylation is 1. The monoisotopic (exact) mass is 499 g/mol. The molecule has 0 spiro atoms. The van der Waals surface area contributed by atoms with E-state index < -0.39 is 28.5 Å². The lowest BCUT2D eigenvalue weighted by Crippen LogP contribution is -2.51. The minimum absolute atomic E-state index is 0.0962. The second-order valence-corrected chi connectivity index (χ2v) is 10.1. The molecular weight excluding hydrogens is 473 g/mol. The van der Waals surface area contributed by atoms with Gasteiger partial charge in [-0.05, 0) is 42.7 Å². The summed E-state index contributed by atoms with van der Waals surface area (Å²) < 4.78 is 26.0. The van der Waals surface area contributed by atoms with Gasteiger partial charge in [0.1, 0.15) is 12.6 Å². The number of amides is 2. The Labute approximate surface area is 199 Å². The Kier molecular flexibility index (Phi) is 8.95. The average molecular weight is 500 g/mol. The van der Waals surface area contributed by atoms with Crippen LogP contribution in [0.1, 0.15) is 24.5 Å². The molecular formula is C22H27Cl2N3O4S. The Morgan fingerprint density at radius 2 is 1.78 bits per heavy atom. The zero-order valence-electron chi connectivity index (χ0n) is 18.4. The van der Waals surface area contributed by atoms with Crippen LogP contribution in [0.25, 0.3) is 0 Å². The smallest absolute Gasteiger partial charge is 0.244 e. The van der Waals surface area contributed by atoms with Gasteiger partial charge in [-0.1, -0.05) is 54.4 Å². The summed E-state index contributed by atoms with van der Waals surface area (Å²) in [7, 11) is -2.39. The highest BCUT2D eigenvalue weighted by atomic mass is 35.5. The Morgan fingerprint density at radius 1 is 1.12 bits per heavy atom. The van der Waals surface area contributed by atoms with Gasteiger partial charge in [0.2, 0.25) is 21.8 Å². The molecule has 2 aromatic carbocycles. The quantitative estimate of drug-likeness (QED) is 0.570. The third-order valence-electron chi connectivity index (χ3n) is 5.09. The molecule has 0 aliphatic carbocycles. The molecule has 7 nitrogen and oxygen atoms in total. The van der Waals surface area contributed by atoms with Crippen LogP contribution in [0.5, 0.6) is 0 Å². The average Bonchev–Trinajstić information content (AvgIpc) is 2.73. The minimum Gasteiger partial charge on any atom is -0.357 e. The van der Waals surface area contributed by atoms with Crippen molar-refractivity contribution < 1.29 is 18.0 Å². The van der Waals surface area contributed by atoms with E-state index in [0.29, 0.717) is 6.42 Å². The number of sulfonamides is 1. The zero-order valence-corrected chi connectivity index (χ0v) is 20.8. The molecule has 174 valence electrons. The number of hydrogen-bond acceptors (Lipinski definition) is 4. The van der Waals surface area contributed by atoms with Crippen LogP contribution >= 0.6 is 23.2 Å². The van der Waals surface area contributed by atoms with Crippen LogP contribution in [0, 0.1) is 6.92 Å². The topological polar surface area (TPSA) is 86.8 Å². The highest BCUT2D eigenvalue weighted by molar-refractivity contribution is 7.92. The number of hydrogen-bond donors (Lipinski definition) is 1. The van der Waals surface area contributed by atoms with Gasteiger partial charge in [0.15, 0.2) is 0 Å². The van der Waals surface area contributed by atoms with Crippen LogP contribution in [0.2, 0.25) is 10.0 Å². The van der Waals surface area contributed by atoms with Gasteiger partial charge in [-0.3, -0.25) is 13.9 Å². The number of anilines is 1. The molecule has 1 atom stereocenters. The number of nitrogens with one attached hydrogen (secondary N) is 1. The summed E-state index contributed by atoms with van der Waals surface area (Å²) in [6.07, 6.45) is 1.34. The third kappa shape index (κ3) is 6.37. The highest BCUT2D eigenvalue weighted by Gasteiger charge is 2.32. The summed E-state index contributed by atoms with van der Waals surface area (Å²) in [6.45, 7) is 3.32. The lowest BCUT2D eigenvalue weighted by molar-refractivity contribution is -0.140. The SMILES string of the molecule is CC[C@@H](C(=O)NC)N(Cc1ccccc1C)C(=O)CN(c1cc(Cl)ccc1Cl)S(C)(=O)=O. The second kappa shape index (κ2) is 11.0. The Hall–Kier alpha value is -2.29. The van der Waals surface area contributed by atoms with Crippen molar-refractivity contribution in [1.29, 1.82) is 0 Å². The van der Waals surface area contributed by atoms with Gasteiger partial charge in [0, 0.05) is 18.6 Å². The van der Waals surface area contributed by atoms with Crippen molar-refractivity contribution in [2.75, 3.05) is 24.2 Å². The van der Waals surface area contributed by atoms with Crippen LogP contribution in [-0.2, 0) is 26.2 Å². The van der Waals surface area contributed by atoms with Gasteiger partial charge in [0.05, 0.1) is 17.0 Å². The molecule has 0 saturated carbocycles. The van der Waals surface area contributed by atoms with E-state index in [-0.39, 0.29) is 28.2 Å². The van der Waals surface area contributed by atoms with E-state index in [9.17, 15) is 18.0 Å². The predicted molar refractivity (Wildman–Crippen MR) is 129 cm³/mol. The van der Waals surface area contributed by atoms with E-state index in [1.54, 1.807) is 6.92 Å². The molecule has 2 aromatic rings. The molecule has 0 bridgehead atoms. The van der Waals surface area contributed by atoms with E-state index in [2.05, 4.69) is 5.32 Å². The summed E-state index contributed by atoms with van der Waals surface area (Å²) in [6, 6.07) is 11.1. The van der Waals surface area contributed by atoms with Crippen molar-refractivity contribution in [2.45, 2.75) is 32.9 Å². The molecule has 32 heavy (non-hydrogen) atoms.